The molecule has 0 atom stereocenters. The van der Waals surface area contributed by atoms with E-state index in [2.05, 4.69) is 15.3 Å². The van der Waals surface area contributed by atoms with Gasteiger partial charge in [0, 0.05) is 22.3 Å². The summed E-state index contributed by atoms with van der Waals surface area (Å²) in [6, 6.07) is 8.06. The first kappa shape index (κ1) is 12.3. The number of nitrogens with one attached hydrogen (secondary N) is 2. The fourth-order valence-electron chi connectivity index (χ4n) is 2.30. The highest BCUT2D eigenvalue weighted by molar-refractivity contribution is 8.14. The highest BCUT2D eigenvalue weighted by Crippen LogP contribution is 2.22. The summed E-state index contributed by atoms with van der Waals surface area (Å²) in [5.41, 5.74) is 3.20. The molecule has 0 unspecified atom stereocenters. The van der Waals surface area contributed by atoms with Gasteiger partial charge in [-0.05, 0) is 18.6 Å². The molecule has 2 aromatic rings. The van der Waals surface area contributed by atoms with Crippen molar-refractivity contribution in [1.82, 2.24) is 10.3 Å². The molecule has 5 heteroatoms. The van der Waals surface area contributed by atoms with Gasteiger partial charge >= 0.3 is 0 Å². The number of aliphatic imine (C=N–C) groups is 1. The number of amides is 1. The monoisotopic (exact) mass is 273 g/mol. The molecule has 1 aliphatic heterocycles. The van der Waals surface area contributed by atoms with E-state index in [-0.39, 0.29) is 5.91 Å². The zero-order chi connectivity index (χ0) is 13.2. The van der Waals surface area contributed by atoms with Crippen molar-refractivity contribution in [1.29, 1.82) is 0 Å². The van der Waals surface area contributed by atoms with Crippen LogP contribution in [0.4, 0.5) is 0 Å². The lowest BCUT2D eigenvalue weighted by atomic mass is 10.1. The molecule has 3 rings (SSSR count). The third-order valence-corrected chi connectivity index (χ3v) is 4.09. The maximum Gasteiger partial charge on any atom is 0.230 e. The van der Waals surface area contributed by atoms with Crippen LogP contribution in [0.5, 0.6) is 0 Å². The highest BCUT2D eigenvalue weighted by Gasteiger charge is 2.15. The Morgan fingerprint density at radius 3 is 3.11 bits per heavy atom. The van der Waals surface area contributed by atoms with Crippen molar-refractivity contribution in [3.05, 3.63) is 35.5 Å². The van der Waals surface area contributed by atoms with Crippen molar-refractivity contribution in [3.63, 3.8) is 0 Å². The number of rotatable bonds is 2. The normalized spacial score (nSPS) is 14.7. The van der Waals surface area contributed by atoms with E-state index in [1.54, 1.807) is 11.8 Å². The summed E-state index contributed by atoms with van der Waals surface area (Å²) in [6.07, 6.45) is 0.384. The minimum absolute atomic E-state index is 0.000929. The van der Waals surface area contributed by atoms with Gasteiger partial charge in [0.15, 0.2) is 5.17 Å². The predicted molar refractivity (Wildman–Crippen MR) is 79.6 cm³/mol. The number of amidine groups is 1. The zero-order valence-corrected chi connectivity index (χ0v) is 11.5. The molecule has 2 N–H and O–H groups in total. The van der Waals surface area contributed by atoms with E-state index in [9.17, 15) is 4.79 Å². The molecular formula is C14H15N3OS. The number of fused-ring (bicyclic) bond motifs is 1. The Morgan fingerprint density at radius 2 is 2.32 bits per heavy atom. The lowest BCUT2D eigenvalue weighted by molar-refractivity contribution is -0.118. The molecule has 0 saturated carbocycles. The molecule has 2 heterocycles. The number of carbonyl (C=O) groups is 1. The summed E-state index contributed by atoms with van der Waals surface area (Å²) in [6.45, 7) is 2.80. The number of hydrogen-bond acceptors (Lipinski definition) is 3. The van der Waals surface area contributed by atoms with Crippen LogP contribution in [0.2, 0.25) is 0 Å². The number of aromatic nitrogens is 1. The van der Waals surface area contributed by atoms with Crippen LogP contribution >= 0.6 is 11.8 Å². The van der Waals surface area contributed by atoms with Gasteiger partial charge in [-0.1, -0.05) is 30.0 Å². The molecule has 98 valence electrons. The van der Waals surface area contributed by atoms with Crippen LogP contribution in [0, 0.1) is 6.92 Å². The summed E-state index contributed by atoms with van der Waals surface area (Å²) < 4.78 is 0. The number of aromatic amines is 1. The van der Waals surface area contributed by atoms with E-state index in [0.29, 0.717) is 6.42 Å². The van der Waals surface area contributed by atoms with Gasteiger partial charge in [-0.15, -0.1) is 0 Å². The van der Waals surface area contributed by atoms with E-state index in [1.807, 2.05) is 31.2 Å². The predicted octanol–water partition coefficient (Wildman–Crippen LogP) is 2.24. The molecule has 1 aromatic heterocycles. The van der Waals surface area contributed by atoms with Crippen molar-refractivity contribution in [3.8, 4) is 0 Å². The average Bonchev–Trinajstić information content (AvgIpc) is 2.99. The second-order valence-electron chi connectivity index (χ2n) is 4.53. The van der Waals surface area contributed by atoms with Crippen molar-refractivity contribution < 1.29 is 4.79 Å². The number of hydrogen-bond donors (Lipinski definition) is 2. The van der Waals surface area contributed by atoms with Crippen molar-refractivity contribution >= 4 is 33.7 Å². The molecule has 0 radical (unpaired) electrons. The summed E-state index contributed by atoms with van der Waals surface area (Å²) in [5, 5.41) is 4.74. The van der Waals surface area contributed by atoms with E-state index in [4.69, 9.17) is 0 Å². The lowest BCUT2D eigenvalue weighted by Gasteiger charge is -2.04. The molecule has 1 aliphatic rings. The number of H-pyrrole nitrogens is 1. The van der Waals surface area contributed by atoms with E-state index in [1.165, 1.54) is 0 Å². The quantitative estimate of drug-likeness (QED) is 0.881. The van der Waals surface area contributed by atoms with E-state index >= 15 is 0 Å². The summed E-state index contributed by atoms with van der Waals surface area (Å²) in [5.74, 6) is 0.961. The summed E-state index contributed by atoms with van der Waals surface area (Å²) in [4.78, 5) is 19.6. The minimum Gasteiger partial charge on any atom is -0.358 e. The lowest BCUT2D eigenvalue weighted by Crippen LogP contribution is -2.28. The molecule has 0 aliphatic carbocycles. The average molecular weight is 273 g/mol. The SMILES string of the molecule is Cc1[nH]c2ccccc2c1CC(=O)NC1=NCCS1. The Morgan fingerprint density at radius 1 is 1.47 bits per heavy atom. The Bertz CT molecular complexity index is 660. The third-order valence-electron chi connectivity index (χ3n) is 3.20. The Balaban J connectivity index is 1.80. The highest BCUT2D eigenvalue weighted by atomic mass is 32.2. The number of benzene rings is 1. The molecule has 0 saturated heterocycles. The van der Waals surface area contributed by atoms with Gasteiger partial charge in [-0.2, -0.15) is 0 Å². The largest absolute Gasteiger partial charge is 0.358 e. The topological polar surface area (TPSA) is 57.2 Å². The van der Waals surface area contributed by atoms with Crippen molar-refractivity contribution in [2.24, 2.45) is 4.99 Å². The first-order valence-corrected chi connectivity index (χ1v) is 7.26. The first-order valence-electron chi connectivity index (χ1n) is 6.27. The van der Waals surface area contributed by atoms with Crippen LogP contribution in [0.25, 0.3) is 10.9 Å². The van der Waals surface area contributed by atoms with E-state index in [0.717, 1.165) is 39.6 Å². The van der Waals surface area contributed by atoms with Crippen molar-refractivity contribution in [2.45, 2.75) is 13.3 Å². The first-order chi connectivity index (χ1) is 9.24. The Labute approximate surface area is 115 Å². The van der Waals surface area contributed by atoms with Gasteiger partial charge in [0.25, 0.3) is 0 Å². The van der Waals surface area contributed by atoms with Gasteiger partial charge in [0.1, 0.15) is 0 Å². The third kappa shape index (κ3) is 2.51. The second-order valence-corrected chi connectivity index (χ2v) is 5.62. The maximum absolute atomic E-state index is 12.0. The number of thioether (sulfide) groups is 1. The Hall–Kier alpha value is -1.75. The van der Waals surface area contributed by atoms with E-state index < -0.39 is 0 Å². The standard InChI is InChI=1S/C14H15N3OS/c1-9-11(10-4-2-3-5-12(10)16-9)8-13(18)17-14-15-6-7-19-14/h2-5,16H,6-8H2,1H3,(H,15,17,18). The molecular weight excluding hydrogens is 258 g/mol. The van der Waals surface area contributed by atoms with Gasteiger partial charge in [0.05, 0.1) is 13.0 Å². The molecule has 0 bridgehead atoms. The van der Waals surface area contributed by atoms with Crippen LogP contribution in [0.3, 0.4) is 0 Å². The summed E-state index contributed by atoms with van der Waals surface area (Å²) >= 11 is 1.60. The molecule has 1 amide bonds. The van der Waals surface area contributed by atoms with Crippen LogP contribution in [0.1, 0.15) is 11.3 Å². The van der Waals surface area contributed by atoms with Crippen LogP contribution in [-0.4, -0.2) is 28.4 Å². The number of para-hydroxylation sites is 1. The van der Waals surface area contributed by atoms with Crippen molar-refractivity contribution in [2.75, 3.05) is 12.3 Å². The molecule has 4 nitrogen and oxygen atoms in total. The zero-order valence-electron chi connectivity index (χ0n) is 10.7. The van der Waals surface area contributed by atoms with Crippen LogP contribution in [-0.2, 0) is 11.2 Å². The van der Waals surface area contributed by atoms with Gasteiger partial charge in [-0.3, -0.25) is 9.79 Å². The van der Waals surface area contributed by atoms with Crippen LogP contribution in [0.15, 0.2) is 29.3 Å². The molecule has 0 spiro atoms. The fraction of sp³-hybridized carbons (Fsp3) is 0.286. The maximum atomic E-state index is 12.0. The fourth-order valence-corrected chi connectivity index (χ4v) is 3.04. The summed E-state index contributed by atoms with van der Waals surface area (Å²) in [7, 11) is 0. The minimum atomic E-state index is 0.000929. The Kier molecular flexibility index (Phi) is 3.29. The molecule has 0 fully saturated rings. The molecule has 1 aromatic carbocycles. The number of carbonyl (C=O) groups excluding carboxylic acids is 1. The number of nitrogens with zero attached hydrogens (tertiary/aromatic N) is 1. The smallest absolute Gasteiger partial charge is 0.230 e. The van der Waals surface area contributed by atoms with Gasteiger partial charge < -0.3 is 10.3 Å². The van der Waals surface area contributed by atoms with Gasteiger partial charge in [0.2, 0.25) is 5.91 Å². The van der Waals surface area contributed by atoms with Gasteiger partial charge in [-0.25, -0.2) is 0 Å². The molecule has 19 heavy (non-hydrogen) atoms. The number of aryl methyl sites for hydroxylation is 1. The second kappa shape index (κ2) is 5.09. The van der Waals surface area contributed by atoms with Crippen LogP contribution < -0.4 is 5.32 Å².